The van der Waals surface area contributed by atoms with E-state index in [-0.39, 0.29) is 17.0 Å². The van der Waals surface area contributed by atoms with Crippen molar-refractivity contribution in [2.45, 2.75) is 45.4 Å². The third-order valence-corrected chi connectivity index (χ3v) is 5.99. The summed E-state index contributed by atoms with van der Waals surface area (Å²) in [7, 11) is -3.62. The molecule has 0 aliphatic carbocycles. The van der Waals surface area contributed by atoms with Crippen molar-refractivity contribution < 1.29 is 18.3 Å². The zero-order chi connectivity index (χ0) is 21.3. The van der Waals surface area contributed by atoms with Gasteiger partial charge < -0.3 is 5.11 Å². The third-order valence-electron chi connectivity index (χ3n) is 4.63. The average Bonchev–Trinajstić information content (AvgIpc) is 2.70. The predicted octanol–water partition coefficient (Wildman–Crippen LogP) is 5.03. The lowest BCUT2D eigenvalue weighted by Crippen LogP contribution is -2.18. The zero-order valence-electron chi connectivity index (χ0n) is 16.5. The first-order chi connectivity index (χ1) is 13.9. The molecule has 2 aromatic carbocycles. The van der Waals surface area contributed by atoms with Crippen LogP contribution in [0.25, 0.3) is 11.1 Å². The third kappa shape index (κ3) is 6.91. The molecule has 0 bridgehead atoms. The predicted molar refractivity (Wildman–Crippen MR) is 114 cm³/mol. The molecule has 0 aromatic heterocycles. The van der Waals surface area contributed by atoms with Crippen molar-refractivity contribution in [1.29, 1.82) is 5.26 Å². The Balaban J connectivity index is 2.12. The molecule has 0 unspecified atom stereocenters. The molecule has 0 spiro atoms. The molecule has 2 aromatic rings. The van der Waals surface area contributed by atoms with Gasteiger partial charge in [-0.15, -0.1) is 0 Å². The van der Waals surface area contributed by atoms with E-state index in [1.807, 2.05) is 6.07 Å². The van der Waals surface area contributed by atoms with Gasteiger partial charge in [0.15, 0.2) is 0 Å². The van der Waals surface area contributed by atoms with Crippen LogP contribution < -0.4 is 4.72 Å². The van der Waals surface area contributed by atoms with E-state index in [9.17, 15) is 18.3 Å². The Morgan fingerprint density at radius 2 is 1.62 bits per heavy atom. The minimum atomic E-state index is -3.62. The Hall–Kier alpha value is -2.85. The van der Waals surface area contributed by atoms with Gasteiger partial charge in [-0.05, 0) is 41.8 Å². The highest BCUT2D eigenvalue weighted by Crippen LogP contribution is 2.26. The van der Waals surface area contributed by atoms with Gasteiger partial charge in [-0.1, -0.05) is 57.2 Å². The van der Waals surface area contributed by atoms with Crippen LogP contribution in [0.3, 0.4) is 0 Å². The number of carboxylic acids is 1. The van der Waals surface area contributed by atoms with Crippen LogP contribution in [0.15, 0.2) is 42.5 Å². The summed E-state index contributed by atoms with van der Waals surface area (Å²) in [5, 5.41) is 18.4. The molecular weight excluding hydrogens is 388 g/mol. The number of hydrogen-bond acceptors (Lipinski definition) is 4. The Labute approximate surface area is 172 Å². The number of benzene rings is 2. The maximum atomic E-state index is 12.4. The van der Waals surface area contributed by atoms with Crippen LogP contribution in [-0.4, -0.2) is 25.2 Å². The highest BCUT2D eigenvalue weighted by molar-refractivity contribution is 7.92. The lowest BCUT2D eigenvalue weighted by molar-refractivity contribution is 0.0698. The van der Waals surface area contributed by atoms with Gasteiger partial charge in [0.2, 0.25) is 10.0 Å². The highest BCUT2D eigenvalue weighted by atomic mass is 32.2. The van der Waals surface area contributed by atoms with Gasteiger partial charge in [0.05, 0.1) is 28.6 Å². The Bertz CT molecular complexity index is 977. The van der Waals surface area contributed by atoms with Crippen molar-refractivity contribution in [3.63, 3.8) is 0 Å². The molecule has 0 radical (unpaired) electrons. The fourth-order valence-corrected chi connectivity index (χ4v) is 4.22. The molecule has 2 N–H and O–H groups in total. The number of anilines is 1. The van der Waals surface area contributed by atoms with E-state index in [2.05, 4.69) is 11.6 Å². The summed E-state index contributed by atoms with van der Waals surface area (Å²) in [6, 6.07) is 13.3. The summed E-state index contributed by atoms with van der Waals surface area (Å²) < 4.78 is 27.1. The van der Waals surface area contributed by atoms with Crippen LogP contribution in [0, 0.1) is 11.3 Å². The van der Waals surface area contributed by atoms with E-state index in [0.717, 1.165) is 37.7 Å². The van der Waals surface area contributed by atoms with E-state index < -0.39 is 16.0 Å². The number of rotatable bonds is 11. The van der Waals surface area contributed by atoms with E-state index >= 15 is 0 Å². The quantitative estimate of drug-likeness (QED) is 0.502. The first kappa shape index (κ1) is 22.4. The van der Waals surface area contributed by atoms with Gasteiger partial charge in [-0.25, -0.2) is 13.2 Å². The second kappa shape index (κ2) is 10.6. The van der Waals surface area contributed by atoms with Crippen molar-refractivity contribution in [3.8, 4) is 17.2 Å². The molecule has 0 atom stereocenters. The number of sulfonamides is 1. The number of hydrogen-bond donors (Lipinski definition) is 2. The summed E-state index contributed by atoms with van der Waals surface area (Å²) in [6.07, 6.45) is 5.77. The minimum Gasteiger partial charge on any atom is -0.478 e. The van der Waals surface area contributed by atoms with Crippen LogP contribution in [0.1, 0.15) is 61.4 Å². The van der Waals surface area contributed by atoms with Crippen LogP contribution in [0.4, 0.5) is 5.69 Å². The summed E-state index contributed by atoms with van der Waals surface area (Å²) in [5.41, 5.74) is 1.82. The lowest BCUT2D eigenvalue weighted by atomic mass is 10.0. The standard InChI is InChI=1S/C22H26N2O4S/c1-2-3-4-5-6-7-14-29(27,28)24-21-13-12-19(15-20(21)22(25)26)18-10-8-17(16-23)9-11-18/h8-13,15,24H,2-7,14H2,1H3,(H,25,26). The molecule has 6 nitrogen and oxygen atoms in total. The van der Waals surface area contributed by atoms with Gasteiger partial charge >= 0.3 is 5.97 Å². The fraction of sp³-hybridized carbons (Fsp3) is 0.364. The van der Waals surface area contributed by atoms with Crippen LogP contribution in [0.5, 0.6) is 0 Å². The van der Waals surface area contributed by atoms with Crippen molar-refractivity contribution >= 4 is 21.7 Å². The number of aromatic carboxylic acids is 1. The van der Waals surface area contributed by atoms with Crippen LogP contribution in [-0.2, 0) is 10.0 Å². The molecule has 7 heteroatoms. The molecule has 29 heavy (non-hydrogen) atoms. The van der Waals surface area contributed by atoms with E-state index in [4.69, 9.17) is 5.26 Å². The second-order valence-corrected chi connectivity index (χ2v) is 8.79. The Morgan fingerprint density at radius 3 is 2.24 bits per heavy atom. The summed E-state index contributed by atoms with van der Waals surface area (Å²) in [5.74, 6) is -1.24. The number of carbonyl (C=O) groups is 1. The number of unbranched alkanes of at least 4 members (excludes halogenated alkanes) is 5. The monoisotopic (exact) mass is 414 g/mol. The summed E-state index contributed by atoms with van der Waals surface area (Å²) in [4.78, 5) is 11.7. The lowest BCUT2D eigenvalue weighted by Gasteiger charge is -2.12. The fourth-order valence-electron chi connectivity index (χ4n) is 3.02. The molecule has 0 aliphatic rings. The molecule has 0 saturated carbocycles. The molecular formula is C22H26N2O4S. The highest BCUT2D eigenvalue weighted by Gasteiger charge is 2.17. The molecule has 0 heterocycles. The number of nitrogens with one attached hydrogen (secondary N) is 1. The van der Waals surface area contributed by atoms with Crippen LogP contribution >= 0.6 is 0 Å². The van der Waals surface area contributed by atoms with Gasteiger partial charge in [0.25, 0.3) is 0 Å². The summed E-state index contributed by atoms with van der Waals surface area (Å²) >= 11 is 0. The number of nitrogens with zero attached hydrogens (tertiary/aromatic N) is 1. The van der Waals surface area contributed by atoms with Gasteiger partial charge in [0, 0.05) is 0 Å². The van der Waals surface area contributed by atoms with E-state index in [0.29, 0.717) is 17.5 Å². The first-order valence-electron chi connectivity index (χ1n) is 9.74. The van der Waals surface area contributed by atoms with Crippen molar-refractivity contribution in [1.82, 2.24) is 0 Å². The molecule has 154 valence electrons. The SMILES string of the molecule is CCCCCCCCS(=O)(=O)Nc1ccc(-c2ccc(C#N)cc2)cc1C(=O)O. The second-order valence-electron chi connectivity index (χ2n) is 6.94. The minimum absolute atomic E-state index is 0.0322. The topological polar surface area (TPSA) is 107 Å². The number of carboxylic acid groups (broad SMARTS) is 1. The Kier molecular flexibility index (Phi) is 8.22. The molecule has 0 amide bonds. The van der Waals surface area contributed by atoms with E-state index in [1.54, 1.807) is 30.3 Å². The average molecular weight is 415 g/mol. The summed E-state index contributed by atoms with van der Waals surface area (Å²) in [6.45, 7) is 2.13. The van der Waals surface area contributed by atoms with Crippen molar-refractivity contribution in [2.75, 3.05) is 10.5 Å². The van der Waals surface area contributed by atoms with Gasteiger partial charge in [0.1, 0.15) is 0 Å². The Morgan fingerprint density at radius 1 is 1.00 bits per heavy atom. The maximum absolute atomic E-state index is 12.4. The molecule has 0 fully saturated rings. The maximum Gasteiger partial charge on any atom is 0.337 e. The van der Waals surface area contributed by atoms with E-state index in [1.165, 1.54) is 12.1 Å². The molecule has 0 saturated heterocycles. The number of nitriles is 1. The molecule has 2 rings (SSSR count). The zero-order valence-corrected chi connectivity index (χ0v) is 17.3. The first-order valence-corrected chi connectivity index (χ1v) is 11.4. The van der Waals surface area contributed by atoms with Crippen molar-refractivity contribution in [2.24, 2.45) is 0 Å². The smallest absolute Gasteiger partial charge is 0.337 e. The largest absolute Gasteiger partial charge is 0.478 e. The normalized spacial score (nSPS) is 11.0. The van der Waals surface area contributed by atoms with Gasteiger partial charge in [-0.3, -0.25) is 4.72 Å². The van der Waals surface area contributed by atoms with Crippen molar-refractivity contribution in [3.05, 3.63) is 53.6 Å². The van der Waals surface area contributed by atoms with Crippen LogP contribution in [0.2, 0.25) is 0 Å². The molecule has 0 aliphatic heterocycles. The van der Waals surface area contributed by atoms with Gasteiger partial charge in [-0.2, -0.15) is 5.26 Å².